The fourth-order valence-corrected chi connectivity index (χ4v) is 2.79. The fraction of sp³-hybridized carbons (Fsp3) is 0.438. The minimum atomic E-state index is -0.417. The molecule has 1 aliphatic heterocycles. The van der Waals surface area contributed by atoms with Gasteiger partial charge < -0.3 is 9.73 Å². The third kappa shape index (κ3) is 2.75. The summed E-state index contributed by atoms with van der Waals surface area (Å²) in [4.78, 5) is 12.1. The van der Waals surface area contributed by atoms with Crippen molar-refractivity contribution in [2.45, 2.75) is 25.7 Å². The molecule has 0 spiro atoms. The highest BCUT2D eigenvalue weighted by Crippen LogP contribution is 2.24. The van der Waals surface area contributed by atoms with E-state index in [0.29, 0.717) is 17.7 Å². The van der Waals surface area contributed by atoms with Crippen molar-refractivity contribution in [2.24, 2.45) is 5.92 Å². The van der Waals surface area contributed by atoms with Crippen LogP contribution in [0.5, 0.6) is 0 Å². The number of Topliss-reactive ketones (excluding diaryl/α,β-unsaturated/α-hetero) is 1. The Morgan fingerprint density at radius 3 is 2.90 bits per heavy atom. The molecule has 0 unspecified atom stereocenters. The summed E-state index contributed by atoms with van der Waals surface area (Å²) in [6, 6.07) is 6.36. The number of halogens is 1. The molecule has 4 heteroatoms. The van der Waals surface area contributed by atoms with Crippen molar-refractivity contribution in [1.29, 1.82) is 0 Å². The second-order valence-electron chi connectivity index (χ2n) is 5.42. The number of benzene rings is 1. The molecule has 3 rings (SSSR count). The number of carbonyl (C=O) groups excluding carboxylic acids is 1. The zero-order valence-electron chi connectivity index (χ0n) is 11.3. The Morgan fingerprint density at radius 1 is 1.35 bits per heavy atom. The normalized spacial score (nSPS) is 16.6. The van der Waals surface area contributed by atoms with Crippen LogP contribution >= 0.6 is 0 Å². The molecule has 1 saturated heterocycles. The number of ketones is 1. The van der Waals surface area contributed by atoms with Gasteiger partial charge in [0.25, 0.3) is 0 Å². The molecule has 2 aromatic rings. The number of furan rings is 1. The highest BCUT2D eigenvalue weighted by atomic mass is 19.1. The van der Waals surface area contributed by atoms with E-state index < -0.39 is 5.82 Å². The molecule has 0 aliphatic carbocycles. The van der Waals surface area contributed by atoms with Crippen LogP contribution in [0.25, 0.3) is 11.0 Å². The first-order chi connectivity index (χ1) is 9.74. The van der Waals surface area contributed by atoms with E-state index in [0.717, 1.165) is 32.4 Å². The lowest BCUT2D eigenvalue weighted by Crippen LogP contribution is -2.27. The lowest BCUT2D eigenvalue weighted by atomic mass is 9.92. The van der Waals surface area contributed by atoms with E-state index in [4.69, 9.17) is 4.42 Å². The number of fused-ring (bicyclic) bond motifs is 1. The molecule has 3 nitrogen and oxygen atoms in total. The van der Waals surface area contributed by atoms with Gasteiger partial charge in [0.15, 0.2) is 22.9 Å². The highest BCUT2D eigenvalue weighted by Gasteiger charge is 2.18. The Morgan fingerprint density at radius 2 is 2.15 bits per heavy atom. The second-order valence-corrected chi connectivity index (χ2v) is 5.42. The molecular weight excluding hydrogens is 257 g/mol. The number of hydrogen-bond donors (Lipinski definition) is 1. The fourth-order valence-electron chi connectivity index (χ4n) is 2.79. The van der Waals surface area contributed by atoms with Gasteiger partial charge in [-0.3, -0.25) is 4.79 Å². The maximum Gasteiger partial charge on any atom is 0.198 e. The SMILES string of the molecule is O=C(CCC1CCNCC1)c1cc2cccc(F)c2o1. The standard InChI is InChI=1S/C16H18FNO2/c17-13-3-1-2-12-10-15(20-16(12)13)14(19)5-4-11-6-8-18-9-7-11/h1-3,10-11,18H,4-9H2. The predicted molar refractivity (Wildman–Crippen MR) is 75.3 cm³/mol. The van der Waals surface area contributed by atoms with Crippen LogP contribution in [-0.4, -0.2) is 18.9 Å². The Bertz CT molecular complexity index is 614. The van der Waals surface area contributed by atoms with E-state index in [-0.39, 0.29) is 17.1 Å². The van der Waals surface area contributed by atoms with Crippen LogP contribution in [0.1, 0.15) is 36.2 Å². The van der Waals surface area contributed by atoms with Crippen LogP contribution in [0.15, 0.2) is 28.7 Å². The molecule has 20 heavy (non-hydrogen) atoms. The van der Waals surface area contributed by atoms with E-state index in [1.165, 1.54) is 6.07 Å². The van der Waals surface area contributed by atoms with Crippen LogP contribution in [0.2, 0.25) is 0 Å². The smallest absolute Gasteiger partial charge is 0.198 e. The molecule has 1 aromatic heterocycles. The van der Waals surface area contributed by atoms with Crippen molar-refractivity contribution in [2.75, 3.05) is 13.1 Å². The molecule has 1 aromatic carbocycles. The summed E-state index contributed by atoms with van der Waals surface area (Å²) in [7, 11) is 0. The summed E-state index contributed by atoms with van der Waals surface area (Å²) in [6.07, 6.45) is 3.62. The van der Waals surface area contributed by atoms with Crippen LogP contribution in [0.4, 0.5) is 4.39 Å². The molecule has 2 heterocycles. The van der Waals surface area contributed by atoms with Crippen molar-refractivity contribution in [1.82, 2.24) is 5.32 Å². The highest BCUT2D eigenvalue weighted by molar-refractivity contribution is 5.97. The average molecular weight is 275 g/mol. The minimum absolute atomic E-state index is 0.0286. The van der Waals surface area contributed by atoms with Crippen LogP contribution in [-0.2, 0) is 0 Å². The zero-order valence-corrected chi connectivity index (χ0v) is 11.3. The van der Waals surface area contributed by atoms with Gasteiger partial charge in [0.05, 0.1) is 0 Å². The molecule has 106 valence electrons. The largest absolute Gasteiger partial charge is 0.450 e. The zero-order chi connectivity index (χ0) is 13.9. The first-order valence-electron chi connectivity index (χ1n) is 7.16. The maximum absolute atomic E-state index is 13.5. The molecular formula is C16H18FNO2. The van der Waals surface area contributed by atoms with Gasteiger partial charge in [-0.2, -0.15) is 0 Å². The first kappa shape index (κ1) is 13.3. The van der Waals surface area contributed by atoms with Gasteiger partial charge >= 0.3 is 0 Å². The Kier molecular flexibility index (Phi) is 3.83. The third-order valence-corrected chi connectivity index (χ3v) is 4.01. The average Bonchev–Trinajstić information content (AvgIpc) is 2.91. The predicted octanol–water partition coefficient (Wildman–Crippen LogP) is 3.53. The molecule has 1 N–H and O–H groups in total. The van der Waals surface area contributed by atoms with Crippen LogP contribution in [0.3, 0.4) is 0 Å². The van der Waals surface area contributed by atoms with E-state index in [9.17, 15) is 9.18 Å². The minimum Gasteiger partial charge on any atom is -0.450 e. The quantitative estimate of drug-likeness (QED) is 0.868. The molecule has 0 radical (unpaired) electrons. The summed E-state index contributed by atoms with van der Waals surface area (Å²) < 4.78 is 18.9. The lowest BCUT2D eigenvalue weighted by Gasteiger charge is -2.21. The Balaban J connectivity index is 1.67. The van der Waals surface area contributed by atoms with Crippen molar-refractivity contribution in [3.63, 3.8) is 0 Å². The summed E-state index contributed by atoms with van der Waals surface area (Å²) in [5.74, 6) is 0.444. The summed E-state index contributed by atoms with van der Waals surface area (Å²) in [5.41, 5.74) is 0.178. The van der Waals surface area contributed by atoms with Crippen molar-refractivity contribution >= 4 is 16.8 Å². The van der Waals surface area contributed by atoms with Gasteiger partial charge in [-0.1, -0.05) is 12.1 Å². The van der Waals surface area contributed by atoms with Gasteiger partial charge in [-0.15, -0.1) is 0 Å². The molecule has 0 bridgehead atoms. The van der Waals surface area contributed by atoms with Gasteiger partial charge in [-0.05, 0) is 50.4 Å². The number of rotatable bonds is 4. The molecule has 1 aliphatic rings. The number of para-hydroxylation sites is 1. The Labute approximate surface area is 117 Å². The Hall–Kier alpha value is -1.68. The van der Waals surface area contributed by atoms with Crippen LogP contribution < -0.4 is 5.32 Å². The van der Waals surface area contributed by atoms with Crippen molar-refractivity contribution in [3.05, 3.63) is 35.8 Å². The molecule has 0 amide bonds. The van der Waals surface area contributed by atoms with Gasteiger partial charge in [0.2, 0.25) is 0 Å². The number of carbonyl (C=O) groups is 1. The topological polar surface area (TPSA) is 42.2 Å². The van der Waals surface area contributed by atoms with Gasteiger partial charge in [0, 0.05) is 11.8 Å². The number of piperidine rings is 1. The third-order valence-electron chi connectivity index (χ3n) is 4.01. The van der Waals surface area contributed by atoms with E-state index in [1.807, 2.05) is 0 Å². The summed E-state index contributed by atoms with van der Waals surface area (Å²) in [5, 5.41) is 3.96. The summed E-state index contributed by atoms with van der Waals surface area (Å²) >= 11 is 0. The van der Waals surface area contributed by atoms with Crippen LogP contribution in [0, 0.1) is 11.7 Å². The lowest BCUT2D eigenvalue weighted by molar-refractivity contribution is 0.0945. The summed E-state index contributed by atoms with van der Waals surface area (Å²) in [6.45, 7) is 2.07. The molecule has 0 atom stereocenters. The molecule has 1 fully saturated rings. The maximum atomic E-state index is 13.5. The van der Waals surface area contributed by atoms with E-state index in [2.05, 4.69) is 5.32 Å². The van der Waals surface area contributed by atoms with Gasteiger partial charge in [0.1, 0.15) is 0 Å². The number of hydrogen-bond acceptors (Lipinski definition) is 3. The monoisotopic (exact) mass is 275 g/mol. The number of nitrogens with one attached hydrogen (secondary N) is 1. The first-order valence-corrected chi connectivity index (χ1v) is 7.16. The van der Waals surface area contributed by atoms with Gasteiger partial charge in [-0.25, -0.2) is 4.39 Å². The van der Waals surface area contributed by atoms with E-state index in [1.54, 1.807) is 18.2 Å². The van der Waals surface area contributed by atoms with Crippen molar-refractivity contribution in [3.8, 4) is 0 Å². The van der Waals surface area contributed by atoms with Crippen molar-refractivity contribution < 1.29 is 13.6 Å². The second kappa shape index (κ2) is 5.75. The van der Waals surface area contributed by atoms with E-state index >= 15 is 0 Å². The molecule has 0 saturated carbocycles.